The molecule has 0 radical (unpaired) electrons. The van der Waals surface area contributed by atoms with Gasteiger partial charge in [-0.2, -0.15) is 0 Å². The molecule has 0 spiro atoms. The van der Waals surface area contributed by atoms with Gasteiger partial charge in [0.1, 0.15) is 5.69 Å². The van der Waals surface area contributed by atoms with E-state index in [2.05, 4.69) is 4.98 Å². The molecule has 3 rings (SSSR count). The van der Waals surface area contributed by atoms with Crippen LogP contribution >= 0.6 is 0 Å². The fourth-order valence-electron chi connectivity index (χ4n) is 1.98. The number of aromatic nitrogens is 1. The van der Waals surface area contributed by atoms with Crippen LogP contribution in [0.3, 0.4) is 0 Å². The number of hydrogen-bond donors (Lipinski definition) is 0. The molecule has 1 aromatic heterocycles. The summed E-state index contributed by atoms with van der Waals surface area (Å²) in [7, 11) is 0. The highest BCUT2D eigenvalue weighted by molar-refractivity contribution is 6.08. The van der Waals surface area contributed by atoms with Crippen molar-refractivity contribution in [1.29, 1.82) is 0 Å². The molecule has 0 bridgehead atoms. The van der Waals surface area contributed by atoms with Gasteiger partial charge in [-0.15, -0.1) is 0 Å². The molecule has 0 aliphatic rings. The molecule has 0 saturated heterocycles. The van der Waals surface area contributed by atoms with E-state index in [1.807, 2.05) is 18.2 Å². The molecule has 0 amide bonds. The van der Waals surface area contributed by atoms with Gasteiger partial charge in [-0.3, -0.25) is 4.79 Å². The number of carbonyl (C=O) groups excluding carboxylic acids is 1. The van der Waals surface area contributed by atoms with Gasteiger partial charge in [-0.1, -0.05) is 24.3 Å². The first-order valence-corrected chi connectivity index (χ1v) is 6.01. The lowest BCUT2D eigenvalue weighted by molar-refractivity contribution is 0.103. The van der Waals surface area contributed by atoms with Crippen LogP contribution in [0.2, 0.25) is 0 Å². The molecule has 2 nitrogen and oxygen atoms in total. The zero-order chi connectivity index (χ0) is 14.1. The van der Waals surface area contributed by atoms with Crippen LogP contribution in [0.15, 0.2) is 54.6 Å². The summed E-state index contributed by atoms with van der Waals surface area (Å²) in [6.07, 6.45) is 0. The molecule has 0 atom stereocenters. The molecule has 0 aliphatic carbocycles. The number of pyridine rings is 1. The Hall–Kier alpha value is -2.62. The summed E-state index contributed by atoms with van der Waals surface area (Å²) in [5.41, 5.74) is 0.960. The summed E-state index contributed by atoms with van der Waals surface area (Å²) in [5.74, 6) is -2.46. The number of fused-ring (bicyclic) bond motifs is 1. The Labute approximate surface area is 113 Å². The predicted octanol–water partition coefficient (Wildman–Crippen LogP) is 3.74. The lowest BCUT2D eigenvalue weighted by Crippen LogP contribution is -2.05. The normalized spacial score (nSPS) is 10.7. The minimum atomic E-state index is -1.04. The molecule has 1 heterocycles. The van der Waals surface area contributed by atoms with Gasteiger partial charge in [0.15, 0.2) is 11.6 Å². The van der Waals surface area contributed by atoms with Gasteiger partial charge in [0.05, 0.1) is 5.52 Å². The van der Waals surface area contributed by atoms with Crippen LogP contribution in [0.1, 0.15) is 16.1 Å². The van der Waals surface area contributed by atoms with Gasteiger partial charge >= 0.3 is 0 Å². The molecule has 2 aromatic carbocycles. The van der Waals surface area contributed by atoms with Crippen LogP contribution in [0.4, 0.5) is 8.78 Å². The van der Waals surface area contributed by atoms with Crippen molar-refractivity contribution in [2.45, 2.75) is 0 Å². The highest BCUT2D eigenvalue weighted by atomic mass is 19.2. The lowest BCUT2D eigenvalue weighted by atomic mass is 10.1. The molecule has 98 valence electrons. The average Bonchev–Trinajstić information content (AvgIpc) is 2.49. The summed E-state index contributed by atoms with van der Waals surface area (Å²) in [5, 5.41) is 0.911. The van der Waals surface area contributed by atoms with E-state index < -0.39 is 17.4 Å². The second kappa shape index (κ2) is 4.81. The van der Waals surface area contributed by atoms with E-state index in [-0.39, 0.29) is 11.3 Å². The number of halogens is 2. The number of carbonyl (C=O) groups is 1. The molecular weight excluding hydrogens is 260 g/mol. The van der Waals surface area contributed by atoms with Crippen molar-refractivity contribution in [3.8, 4) is 0 Å². The van der Waals surface area contributed by atoms with Crippen molar-refractivity contribution >= 4 is 16.7 Å². The quantitative estimate of drug-likeness (QED) is 0.663. The van der Waals surface area contributed by atoms with E-state index in [4.69, 9.17) is 0 Å². The molecule has 0 saturated carbocycles. The topological polar surface area (TPSA) is 30.0 Å². The third kappa shape index (κ3) is 2.16. The third-order valence-electron chi connectivity index (χ3n) is 3.01. The minimum Gasteiger partial charge on any atom is -0.287 e. The maximum atomic E-state index is 13.2. The molecule has 3 aromatic rings. The Bertz CT molecular complexity index is 814. The second-order valence-corrected chi connectivity index (χ2v) is 4.35. The number of ketones is 1. The van der Waals surface area contributed by atoms with Gasteiger partial charge in [-0.25, -0.2) is 13.8 Å². The van der Waals surface area contributed by atoms with Crippen molar-refractivity contribution < 1.29 is 13.6 Å². The van der Waals surface area contributed by atoms with Crippen LogP contribution in [0.5, 0.6) is 0 Å². The minimum absolute atomic E-state index is 0.0756. The second-order valence-electron chi connectivity index (χ2n) is 4.35. The Morgan fingerprint density at radius 2 is 1.70 bits per heavy atom. The Balaban J connectivity index is 2.05. The number of para-hydroxylation sites is 1. The monoisotopic (exact) mass is 269 g/mol. The van der Waals surface area contributed by atoms with E-state index in [9.17, 15) is 13.6 Å². The van der Waals surface area contributed by atoms with E-state index in [1.165, 1.54) is 6.07 Å². The maximum absolute atomic E-state index is 13.2. The molecule has 0 fully saturated rings. The smallest absolute Gasteiger partial charge is 0.211 e. The van der Waals surface area contributed by atoms with Crippen molar-refractivity contribution in [2.24, 2.45) is 0 Å². The van der Waals surface area contributed by atoms with Crippen LogP contribution < -0.4 is 0 Å². The SMILES string of the molecule is O=C(c1ccc(F)c(F)c1)c1ccc2ccccc2n1. The Kier molecular flexibility index (Phi) is 2.99. The van der Waals surface area contributed by atoms with Crippen molar-refractivity contribution in [3.05, 3.63) is 77.5 Å². The van der Waals surface area contributed by atoms with Gasteiger partial charge in [-0.05, 0) is 30.3 Å². The average molecular weight is 269 g/mol. The van der Waals surface area contributed by atoms with Crippen LogP contribution in [0, 0.1) is 11.6 Å². The molecule has 0 aliphatic heterocycles. The van der Waals surface area contributed by atoms with Gasteiger partial charge < -0.3 is 0 Å². The summed E-state index contributed by atoms with van der Waals surface area (Å²) in [6, 6.07) is 13.8. The summed E-state index contributed by atoms with van der Waals surface area (Å²) >= 11 is 0. The van der Waals surface area contributed by atoms with E-state index in [0.29, 0.717) is 5.52 Å². The summed E-state index contributed by atoms with van der Waals surface area (Å²) in [6.45, 7) is 0. The van der Waals surface area contributed by atoms with E-state index in [0.717, 1.165) is 17.5 Å². The van der Waals surface area contributed by atoms with Crippen molar-refractivity contribution in [3.63, 3.8) is 0 Å². The number of hydrogen-bond acceptors (Lipinski definition) is 2. The molecule has 0 unspecified atom stereocenters. The van der Waals surface area contributed by atoms with Crippen molar-refractivity contribution in [2.75, 3.05) is 0 Å². The van der Waals surface area contributed by atoms with Gasteiger partial charge in [0.25, 0.3) is 0 Å². The zero-order valence-corrected chi connectivity index (χ0v) is 10.3. The van der Waals surface area contributed by atoms with E-state index >= 15 is 0 Å². The molecule has 20 heavy (non-hydrogen) atoms. The molecule has 4 heteroatoms. The molecular formula is C16H9F2NO. The molecule has 0 N–H and O–H groups in total. The summed E-state index contributed by atoms with van der Waals surface area (Å²) < 4.78 is 26.0. The zero-order valence-electron chi connectivity index (χ0n) is 10.3. The standard InChI is InChI=1S/C16H9F2NO/c17-12-7-5-11(9-13(12)18)16(20)15-8-6-10-3-1-2-4-14(10)19-15/h1-9H. The highest BCUT2D eigenvalue weighted by Crippen LogP contribution is 2.16. The first-order valence-electron chi connectivity index (χ1n) is 6.01. The Morgan fingerprint density at radius 1 is 0.900 bits per heavy atom. The first kappa shape index (κ1) is 12.4. The summed E-state index contributed by atoms with van der Waals surface area (Å²) in [4.78, 5) is 16.4. The lowest BCUT2D eigenvalue weighted by Gasteiger charge is -2.03. The predicted molar refractivity (Wildman–Crippen MR) is 71.5 cm³/mol. The van der Waals surface area contributed by atoms with E-state index in [1.54, 1.807) is 18.2 Å². The van der Waals surface area contributed by atoms with Gasteiger partial charge in [0.2, 0.25) is 5.78 Å². The van der Waals surface area contributed by atoms with Crippen molar-refractivity contribution in [1.82, 2.24) is 4.98 Å². The van der Waals surface area contributed by atoms with Crippen LogP contribution in [0.25, 0.3) is 10.9 Å². The Morgan fingerprint density at radius 3 is 2.50 bits per heavy atom. The fourth-order valence-corrected chi connectivity index (χ4v) is 1.98. The van der Waals surface area contributed by atoms with Crippen LogP contribution in [-0.2, 0) is 0 Å². The number of benzene rings is 2. The maximum Gasteiger partial charge on any atom is 0.211 e. The first-order chi connectivity index (χ1) is 9.65. The third-order valence-corrected chi connectivity index (χ3v) is 3.01. The number of rotatable bonds is 2. The highest BCUT2D eigenvalue weighted by Gasteiger charge is 2.13. The largest absolute Gasteiger partial charge is 0.287 e. The fraction of sp³-hybridized carbons (Fsp3) is 0. The van der Waals surface area contributed by atoms with Gasteiger partial charge in [0, 0.05) is 10.9 Å². The number of nitrogens with zero attached hydrogens (tertiary/aromatic N) is 1. The van der Waals surface area contributed by atoms with Crippen LogP contribution in [-0.4, -0.2) is 10.8 Å².